The van der Waals surface area contributed by atoms with Gasteiger partial charge in [0.2, 0.25) is 0 Å². The van der Waals surface area contributed by atoms with E-state index in [1.165, 1.54) is 18.2 Å². The first-order valence-corrected chi connectivity index (χ1v) is 7.25. The van der Waals surface area contributed by atoms with E-state index in [0.717, 1.165) is 4.47 Å². The van der Waals surface area contributed by atoms with Crippen molar-refractivity contribution in [2.24, 2.45) is 0 Å². The highest BCUT2D eigenvalue weighted by atomic mass is 79.9. The van der Waals surface area contributed by atoms with E-state index < -0.39 is 11.9 Å². The molecule has 0 aromatic heterocycles. The molecular weight excluding hydrogens is 347 g/mol. The number of benzene rings is 2. The molecule has 106 valence electrons. The van der Waals surface area contributed by atoms with E-state index in [0.29, 0.717) is 22.9 Å². The second-order valence-corrected chi connectivity index (χ2v) is 5.54. The summed E-state index contributed by atoms with van der Waals surface area (Å²) in [5, 5.41) is 10.8. The minimum atomic E-state index is -1.15. The Morgan fingerprint density at radius 3 is 2.70 bits per heavy atom. The van der Waals surface area contributed by atoms with Crippen LogP contribution in [0.5, 0.6) is 5.75 Å². The van der Waals surface area contributed by atoms with Crippen LogP contribution in [0.1, 0.15) is 24.2 Å². The Balaban J connectivity index is 2.49. The molecular formula is C15H13BrClFO2. The van der Waals surface area contributed by atoms with Gasteiger partial charge in [-0.2, -0.15) is 0 Å². The average molecular weight is 360 g/mol. The smallest absolute Gasteiger partial charge is 0.129 e. The average Bonchev–Trinajstić information content (AvgIpc) is 2.43. The van der Waals surface area contributed by atoms with Crippen LogP contribution in [0.4, 0.5) is 4.39 Å². The summed E-state index contributed by atoms with van der Waals surface area (Å²) in [6.45, 7) is 2.30. The lowest BCUT2D eigenvalue weighted by Crippen LogP contribution is -2.06. The lowest BCUT2D eigenvalue weighted by atomic mass is 10.00. The molecule has 0 saturated heterocycles. The second kappa shape index (κ2) is 6.57. The van der Waals surface area contributed by atoms with Gasteiger partial charge in [-0.15, -0.1) is 0 Å². The maximum atomic E-state index is 13.9. The van der Waals surface area contributed by atoms with Gasteiger partial charge in [0, 0.05) is 20.6 Å². The van der Waals surface area contributed by atoms with E-state index in [2.05, 4.69) is 15.9 Å². The number of ether oxygens (including phenoxy) is 1. The molecule has 0 aliphatic rings. The SMILES string of the molecule is CCOc1ccc(Br)cc1C(O)c1cc(Cl)ccc1F. The van der Waals surface area contributed by atoms with Crippen LogP contribution < -0.4 is 4.74 Å². The Labute approximate surface area is 130 Å². The Kier molecular flexibility index (Phi) is 5.02. The number of hydrogen-bond donors (Lipinski definition) is 1. The zero-order valence-corrected chi connectivity index (χ0v) is 13.1. The summed E-state index contributed by atoms with van der Waals surface area (Å²) < 4.78 is 20.1. The van der Waals surface area contributed by atoms with Crippen LogP contribution in [-0.4, -0.2) is 11.7 Å². The molecule has 1 unspecified atom stereocenters. The largest absolute Gasteiger partial charge is 0.493 e. The first-order chi connectivity index (χ1) is 9.52. The topological polar surface area (TPSA) is 29.5 Å². The summed E-state index contributed by atoms with van der Waals surface area (Å²) in [6.07, 6.45) is -1.15. The van der Waals surface area contributed by atoms with Crippen molar-refractivity contribution in [1.29, 1.82) is 0 Å². The minimum absolute atomic E-state index is 0.122. The predicted octanol–water partition coefficient (Wildman–Crippen LogP) is 4.72. The van der Waals surface area contributed by atoms with Gasteiger partial charge in [0.15, 0.2) is 0 Å². The molecule has 0 fully saturated rings. The van der Waals surface area contributed by atoms with Gasteiger partial charge in [-0.25, -0.2) is 4.39 Å². The van der Waals surface area contributed by atoms with Gasteiger partial charge in [-0.3, -0.25) is 0 Å². The third kappa shape index (κ3) is 3.32. The maximum absolute atomic E-state index is 13.9. The molecule has 20 heavy (non-hydrogen) atoms. The first kappa shape index (κ1) is 15.3. The molecule has 1 N–H and O–H groups in total. The van der Waals surface area contributed by atoms with E-state index in [-0.39, 0.29) is 5.56 Å². The fraction of sp³-hybridized carbons (Fsp3) is 0.200. The van der Waals surface area contributed by atoms with Gasteiger partial charge in [0.05, 0.1) is 6.61 Å². The molecule has 0 saturated carbocycles. The number of hydrogen-bond acceptors (Lipinski definition) is 2. The lowest BCUT2D eigenvalue weighted by Gasteiger charge is -2.17. The predicted molar refractivity (Wildman–Crippen MR) is 80.8 cm³/mol. The van der Waals surface area contributed by atoms with Gasteiger partial charge in [-0.05, 0) is 43.3 Å². The normalized spacial score (nSPS) is 12.2. The van der Waals surface area contributed by atoms with E-state index in [1.807, 2.05) is 6.92 Å². The minimum Gasteiger partial charge on any atom is -0.493 e. The van der Waals surface area contributed by atoms with E-state index in [4.69, 9.17) is 16.3 Å². The highest BCUT2D eigenvalue weighted by Gasteiger charge is 2.20. The molecule has 0 amide bonds. The molecule has 0 bridgehead atoms. The number of rotatable bonds is 4. The molecule has 0 spiro atoms. The highest BCUT2D eigenvalue weighted by molar-refractivity contribution is 9.10. The standard InChI is InChI=1S/C15H13BrClFO2/c1-2-20-14-6-3-9(16)7-12(14)15(19)11-8-10(17)4-5-13(11)18/h3-8,15,19H,2H2,1H3. The van der Waals surface area contributed by atoms with Crippen LogP contribution in [0.2, 0.25) is 5.02 Å². The zero-order chi connectivity index (χ0) is 14.7. The maximum Gasteiger partial charge on any atom is 0.129 e. The van der Waals surface area contributed by atoms with Crippen molar-refractivity contribution in [3.63, 3.8) is 0 Å². The molecule has 2 aromatic carbocycles. The molecule has 1 atom stereocenters. The summed E-state index contributed by atoms with van der Waals surface area (Å²) in [4.78, 5) is 0. The van der Waals surface area contributed by atoms with Crippen LogP contribution in [0.25, 0.3) is 0 Å². The summed E-state index contributed by atoms with van der Waals surface area (Å²) in [5.74, 6) is 0.00639. The summed E-state index contributed by atoms with van der Waals surface area (Å²) >= 11 is 9.20. The van der Waals surface area contributed by atoms with Crippen molar-refractivity contribution in [3.8, 4) is 5.75 Å². The molecule has 2 nitrogen and oxygen atoms in total. The summed E-state index contributed by atoms with van der Waals surface area (Å²) in [7, 11) is 0. The van der Waals surface area contributed by atoms with Crippen LogP contribution in [0.15, 0.2) is 40.9 Å². The van der Waals surface area contributed by atoms with E-state index in [9.17, 15) is 9.50 Å². The van der Waals surface area contributed by atoms with Gasteiger partial charge in [-0.1, -0.05) is 27.5 Å². The van der Waals surface area contributed by atoms with Crippen LogP contribution in [0.3, 0.4) is 0 Å². The quantitative estimate of drug-likeness (QED) is 0.856. The van der Waals surface area contributed by atoms with Crippen molar-refractivity contribution >= 4 is 27.5 Å². The molecule has 5 heteroatoms. The number of aliphatic hydroxyl groups is 1. The molecule has 2 aromatic rings. The summed E-state index contributed by atoms with van der Waals surface area (Å²) in [5.41, 5.74) is 0.610. The van der Waals surface area contributed by atoms with Crippen molar-refractivity contribution in [3.05, 3.63) is 62.8 Å². The Bertz CT molecular complexity index is 619. The molecule has 0 aliphatic carbocycles. The Hall–Kier alpha value is -1.10. The first-order valence-electron chi connectivity index (χ1n) is 6.08. The van der Waals surface area contributed by atoms with Crippen molar-refractivity contribution < 1.29 is 14.2 Å². The summed E-state index contributed by atoms with van der Waals surface area (Å²) in [6, 6.07) is 9.33. The van der Waals surface area contributed by atoms with Crippen molar-refractivity contribution in [1.82, 2.24) is 0 Å². The van der Waals surface area contributed by atoms with Crippen molar-refractivity contribution in [2.75, 3.05) is 6.61 Å². The highest BCUT2D eigenvalue weighted by Crippen LogP contribution is 2.34. The van der Waals surface area contributed by atoms with Gasteiger partial charge < -0.3 is 9.84 Å². The zero-order valence-electron chi connectivity index (χ0n) is 10.7. The fourth-order valence-electron chi connectivity index (χ4n) is 1.91. The second-order valence-electron chi connectivity index (χ2n) is 4.18. The monoisotopic (exact) mass is 358 g/mol. The van der Waals surface area contributed by atoms with Crippen LogP contribution in [0, 0.1) is 5.82 Å². The van der Waals surface area contributed by atoms with Gasteiger partial charge >= 0.3 is 0 Å². The van der Waals surface area contributed by atoms with Gasteiger partial charge in [0.25, 0.3) is 0 Å². The molecule has 0 heterocycles. The van der Waals surface area contributed by atoms with Crippen molar-refractivity contribution in [2.45, 2.75) is 13.0 Å². The molecule has 0 radical (unpaired) electrons. The third-order valence-electron chi connectivity index (χ3n) is 2.82. The van der Waals surface area contributed by atoms with E-state index >= 15 is 0 Å². The third-order valence-corrected chi connectivity index (χ3v) is 3.55. The molecule has 0 aliphatic heterocycles. The number of halogens is 3. The van der Waals surface area contributed by atoms with Crippen LogP contribution in [-0.2, 0) is 0 Å². The van der Waals surface area contributed by atoms with Gasteiger partial charge in [0.1, 0.15) is 17.7 Å². The fourth-order valence-corrected chi connectivity index (χ4v) is 2.47. The number of aliphatic hydroxyl groups excluding tert-OH is 1. The molecule has 2 rings (SSSR count). The Morgan fingerprint density at radius 1 is 1.25 bits per heavy atom. The van der Waals surface area contributed by atoms with E-state index in [1.54, 1.807) is 18.2 Å². The lowest BCUT2D eigenvalue weighted by molar-refractivity contribution is 0.207. The Morgan fingerprint density at radius 2 is 2.00 bits per heavy atom. The van der Waals surface area contributed by atoms with Crippen LogP contribution >= 0.6 is 27.5 Å².